The number of carbonyl (C=O) groups is 1. The molecule has 7 rings (SSSR count). The Morgan fingerprint density at radius 2 is 1.64 bits per heavy atom. The number of hydrogen-bond donors (Lipinski definition) is 1. The standard InChI is InChI=1S/C23H31N3O2/c27-22(25-23-12-15-7-16(13-23)9-17(8-15)14-23)26-18-4-5-19(26)11-20(10-18)28-21-3-1-2-6-24-21/h1-3,6,15-20H,4-5,7-14H2,(H,25,27). The molecule has 1 aromatic rings. The van der Waals surface area contributed by atoms with Crippen LogP contribution in [0.25, 0.3) is 0 Å². The van der Waals surface area contributed by atoms with Gasteiger partial charge in [-0.05, 0) is 75.2 Å². The van der Waals surface area contributed by atoms with Gasteiger partial charge in [0.2, 0.25) is 5.88 Å². The molecule has 1 N–H and O–H groups in total. The first-order valence-electron chi connectivity index (χ1n) is 11.3. The minimum atomic E-state index is 0.104. The largest absolute Gasteiger partial charge is 0.474 e. The lowest BCUT2D eigenvalue weighted by Crippen LogP contribution is -2.63. The number of pyridine rings is 1. The number of hydrogen-bond acceptors (Lipinski definition) is 3. The van der Waals surface area contributed by atoms with Crippen molar-refractivity contribution < 1.29 is 9.53 Å². The highest BCUT2D eigenvalue weighted by atomic mass is 16.5. The highest BCUT2D eigenvalue weighted by Crippen LogP contribution is 2.55. The first kappa shape index (κ1) is 17.1. The number of fused-ring (bicyclic) bond motifs is 2. The third kappa shape index (κ3) is 2.89. The summed E-state index contributed by atoms with van der Waals surface area (Å²) in [6.45, 7) is 0. The van der Waals surface area contributed by atoms with E-state index in [1.165, 1.54) is 38.5 Å². The molecule has 0 radical (unpaired) electrons. The van der Waals surface area contributed by atoms with Crippen LogP contribution in [0.15, 0.2) is 24.4 Å². The van der Waals surface area contributed by atoms with E-state index in [-0.39, 0.29) is 17.7 Å². The van der Waals surface area contributed by atoms with Crippen molar-refractivity contribution in [3.05, 3.63) is 24.4 Å². The molecule has 5 nitrogen and oxygen atoms in total. The summed E-state index contributed by atoms with van der Waals surface area (Å²) < 4.78 is 6.13. The summed E-state index contributed by atoms with van der Waals surface area (Å²) in [5, 5.41) is 3.59. The Kier molecular flexibility index (Phi) is 3.89. The van der Waals surface area contributed by atoms with Crippen LogP contribution in [0.2, 0.25) is 0 Å². The molecule has 28 heavy (non-hydrogen) atoms. The fraction of sp³-hybridized carbons (Fsp3) is 0.739. The highest BCUT2D eigenvalue weighted by molar-refractivity contribution is 5.76. The first-order chi connectivity index (χ1) is 13.7. The molecule has 0 spiro atoms. The summed E-state index contributed by atoms with van der Waals surface area (Å²) in [6, 6.07) is 6.65. The van der Waals surface area contributed by atoms with Gasteiger partial charge in [-0.15, -0.1) is 0 Å². The Hall–Kier alpha value is -1.78. The number of ether oxygens (including phenoxy) is 1. The zero-order valence-electron chi connectivity index (χ0n) is 16.6. The summed E-state index contributed by atoms with van der Waals surface area (Å²) in [6.07, 6.45) is 13.9. The summed E-state index contributed by atoms with van der Waals surface area (Å²) in [4.78, 5) is 19.9. The maximum absolute atomic E-state index is 13.4. The molecule has 2 aliphatic heterocycles. The maximum Gasteiger partial charge on any atom is 0.318 e. The monoisotopic (exact) mass is 381 g/mol. The molecular formula is C23H31N3O2. The molecule has 4 aliphatic carbocycles. The number of nitrogens with zero attached hydrogens (tertiary/aromatic N) is 2. The van der Waals surface area contributed by atoms with Crippen molar-refractivity contribution in [3.63, 3.8) is 0 Å². The van der Waals surface area contributed by atoms with Crippen LogP contribution in [0, 0.1) is 17.8 Å². The minimum Gasteiger partial charge on any atom is -0.474 e. The quantitative estimate of drug-likeness (QED) is 0.856. The van der Waals surface area contributed by atoms with Gasteiger partial charge < -0.3 is 15.0 Å². The van der Waals surface area contributed by atoms with E-state index in [0.717, 1.165) is 43.4 Å². The van der Waals surface area contributed by atoms with Gasteiger partial charge in [0.05, 0.1) is 0 Å². The topological polar surface area (TPSA) is 54.5 Å². The molecule has 2 atom stereocenters. The normalized spacial score (nSPS) is 43.2. The summed E-state index contributed by atoms with van der Waals surface area (Å²) >= 11 is 0. The molecule has 1 aromatic heterocycles. The van der Waals surface area contributed by atoms with Gasteiger partial charge in [-0.25, -0.2) is 9.78 Å². The van der Waals surface area contributed by atoms with Crippen molar-refractivity contribution in [2.24, 2.45) is 17.8 Å². The summed E-state index contributed by atoms with van der Waals surface area (Å²) in [7, 11) is 0. The number of rotatable bonds is 3. The number of aromatic nitrogens is 1. The molecule has 5 heteroatoms. The van der Waals surface area contributed by atoms with Gasteiger partial charge >= 0.3 is 6.03 Å². The second-order valence-corrected chi connectivity index (χ2v) is 10.3. The highest BCUT2D eigenvalue weighted by Gasteiger charge is 2.53. The second kappa shape index (κ2) is 6.36. The third-order valence-corrected chi connectivity index (χ3v) is 8.26. The molecule has 6 fully saturated rings. The van der Waals surface area contributed by atoms with Gasteiger partial charge in [0.15, 0.2) is 0 Å². The van der Waals surface area contributed by atoms with E-state index in [9.17, 15) is 4.79 Å². The van der Waals surface area contributed by atoms with Crippen LogP contribution >= 0.6 is 0 Å². The smallest absolute Gasteiger partial charge is 0.318 e. The van der Waals surface area contributed by atoms with E-state index >= 15 is 0 Å². The van der Waals surface area contributed by atoms with E-state index in [0.29, 0.717) is 18.0 Å². The molecule has 6 aliphatic rings. The zero-order chi connectivity index (χ0) is 18.7. The molecular weight excluding hydrogens is 350 g/mol. The number of urea groups is 1. The molecule has 2 unspecified atom stereocenters. The first-order valence-corrected chi connectivity index (χ1v) is 11.3. The Labute approximate surface area is 167 Å². The van der Waals surface area contributed by atoms with E-state index in [4.69, 9.17) is 4.74 Å². The van der Waals surface area contributed by atoms with Gasteiger partial charge in [0, 0.05) is 42.7 Å². The average Bonchev–Trinajstić information content (AvgIpc) is 2.92. The van der Waals surface area contributed by atoms with Gasteiger partial charge in [-0.3, -0.25) is 0 Å². The molecule has 4 saturated carbocycles. The lowest BCUT2D eigenvalue weighted by molar-refractivity contribution is -0.0187. The molecule has 0 aromatic carbocycles. The predicted molar refractivity (Wildman–Crippen MR) is 106 cm³/mol. The van der Waals surface area contributed by atoms with Crippen molar-refractivity contribution in [1.29, 1.82) is 0 Å². The molecule has 150 valence electrons. The van der Waals surface area contributed by atoms with Crippen molar-refractivity contribution >= 4 is 6.03 Å². The summed E-state index contributed by atoms with van der Waals surface area (Å²) in [5.41, 5.74) is 0.104. The van der Waals surface area contributed by atoms with E-state index < -0.39 is 0 Å². The van der Waals surface area contributed by atoms with Crippen LogP contribution in [0.3, 0.4) is 0 Å². The minimum absolute atomic E-state index is 0.104. The fourth-order valence-corrected chi connectivity index (χ4v) is 7.70. The van der Waals surface area contributed by atoms with E-state index in [1.807, 2.05) is 18.2 Å². The van der Waals surface area contributed by atoms with Gasteiger partial charge in [0.25, 0.3) is 0 Å². The second-order valence-electron chi connectivity index (χ2n) is 10.3. The van der Waals surface area contributed by atoms with Crippen LogP contribution in [-0.2, 0) is 0 Å². The van der Waals surface area contributed by atoms with Gasteiger partial charge in [-0.2, -0.15) is 0 Å². The van der Waals surface area contributed by atoms with Gasteiger partial charge in [0.1, 0.15) is 6.10 Å². The van der Waals surface area contributed by atoms with E-state index in [2.05, 4.69) is 15.2 Å². The Balaban J connectivity index is 1.13. The summed E-state index contributed by atoms with van der Waals surface area (Å²) in [5.74, 6) is 3.29. The van der Waals surface area contributed by atoms with Crippen molar-refractivity contribution in [3.8, 4) is 5.88 Å². The Bertz CT molecular complexity index is 702. The van der Waals surface area contributed by atoms with Crippen LogP contribution in [0.5, 0.6) is 5.88 Å². The fourth-order valence-electron chi connectivity index (χ4n) is 7.70. The molecule has 3 heterocycles. The van der Waals surface area contributed by atoms with Crippen molar-refractivity contribution in [1.82, 2.24) is 15.2 Å². The zero-order valence-corrected chi connectivity index (χ0v) is 16.6. The lowest BCUT2D eigenvalue weighted by atomic mass is 9.53. The number of nitrogens with one attached hydrogen (secondary N) is 1. The third-order valence-electron chi connectivity index (χ3n) is 8.26. The van der Waals surface area contributed by atoms with Gasteiger partial charge in [-0.1, -0.05) is 6.07 Å². The molecule has 2 amide bonds. The number of amides is 2. The van der Waals surface area contributed by atoms with Crippen LogP contribution in [0.4, 0.5) is 4.79 Å². The van der Waals surface area contributed by atoms with Crippen LogP contribution in [-0.4, -0.2) is 39.6 Å². The Morgan fingerprint density at radius 1 is 1.00 bits per heavy atom. The van der Waals surface area contributed by atoms with E-state index in [1.54, 1.807) is 6.20 Å². The van der Waals surface area contributed by atoms with Crippen LogP contribution in [0.1, 0.15) is 64.2 Å². The lowest BCUT2D eigenvalue weighted by Gasteiger charge is -2.57. The van der Waals surface area contributed by atoms with Crippen LogP contribution < -0.4 is 10.1 Å². The van der Waals surface area contributed by atoms with Crippen molar-refractivity contribution in [2.75, 3.05) is 0 Å². The Morgan fingerprint density at radius 3 is 2.21 bits per heavy atom. The number of piperidine rings is 1. The molecule has 2 saturated heterocycles. The molecule has 6 bridgehead atoms. The average molecular weight is 382 g/mol. The maximum atomic E-state index is 13.4. The number of carbonyl (C=O) groups excluding carboxylic acids is 1. The predicted octanol–water partition coefficient (Wildman–Crippen LogP) is 4.13. The van der Waals surface area contributed by atoms with Crippen molar-refractivity contribution in [2.45, 2.75) is 87.9 Å². The SMILES string of the molecule is O=C(NC12CC3CC(CC(C3)C1)C2)N1C2CCC1CC(Oc1ccccn1)C2.